The average molecular weight is 619 g/mol. The molecule has 0 aliphatic heterocycles. The third-order valence-corrected chi connectivity index (χ3v) is 9.87. The summed E-state index contributed by atoms with van der Waals surface area (Å²) in [7, 11) is -8.09. The molecule has 4 rings (SSSR count). The van der Waals surface area contributed by atoms with Crippen molar-refractivity contribution < 1.29 is 21.6 Å². The lowest BCUT2D eigenvalue weighted by molar-refractivity contribution is -0.114. The maximum absolute atomic E-state index is 13.5. The van der Waals surface area contributed by atoms with Crippen LogP contribution in [-0.2, 0) is 24.8 Å². The molecule has 0 atom stereocenters. The SMILES string of the molecule is Cc1ccc(C)c(NS(=O)(=O)c2ccc(NC(=O)CN(c3cccc(Cl)c3Cl)S(=O)(=O)c3ccccc3)cc2)c1. The van der Waals surface area contributed by atoms with Crippen LogP contribution in [0, 0.1) is 13.8 Å². The Morgan fingerprint density at radius 2 is 1.48 bits per heavy atom. The highest BCUT2D eigenvalue weighted by atomic mass is 35.5. The van der Waals surface area contributed by atoms with Gasteiger partial charge in [0, 0.05) is 5.69 Å². The van der Waals surface area contributed by atoms with Crippen LogP contribution in [0.4, 0.5) is 17.1 Å². The number of nitrogens with one attached hydrogen (secondary N) is 2. The monoisotopic (exact) mass is 617 g/mol. The first kappa shape index (κ1) is 29.4. The quantitative estimate of drug-likeness (QED) is 0.231. The molecule has 4 aromatic rings. The highest BCUT2D eigenvalue weighted by Crippen LogP contribution is 2.35. The average Bonchev–Trinajstić information content (AvgIpc) is 2.92. The van der Waals surface area contributed by atoms with E-state index in [2.05, 4.69) is 10.0 Å². The molecular formula is C28H25Cl2N3O5S2. The van der Waals surface area contributed by atoms with Crippen LogP contribution in [0.2, 0.25) is 10.0 Å². The zero-order valence-corrected chi connectivity index (χ0v) is 24.6. The fourth-order valence-corrected chi connectivity index (χ4v) is 6.83. The number of nitrogens with zero attached hydrogens (tertiary/aromatic N) is 1. The van der Waals surface area contributed by atoms with Gasteiger partial charge in [-0.2, -0.15) is 0 Å². The molecule has 0 unspecified atom stereocenters. The predicted octanol–water partition coefficient (Wildman–Crippen LogP) is 6.25. The number of hydrogen-bond acceptors (Lipinski definition) is 5. The maximum Gasteiger partial charge on any atom is 0.264 e. The van der Waals surface area contributed by atoms with Gasteiger partial charge in [0.2, 0.25) is 5.91 Å². The summed E-state index contributed by atoms with van der Waals surface area (Å²) in [5, 5.41) is 2.71. The van der Waals surface area contributed by atoms with Crippen molar-refractivity contribution in [2.75, 3.05) is 20.9 Å². The van der Waals surface area contributed by atoms with Gasteiger partial charge >= 0.3 is 0 Å². The first-order valence-electron chi connectivity index (χ1n) is 11.9. The lowest BCUT2D eigenvalue weighted by atomic mass is 10.1. The van der Waals surface area contributed by atoms with Crippen LogP contribution in [0.15, 0.2) is 101 Å². The molecule has 2 N–H and O–H groups in total. The third-order valence-electron chi connectivity index (χ3n) is 5.90. The molecule has 0 radical (unpaired) electrons. The van der Waals surface area contributed by atoms with Crippen molar-refractivity contribution in [3.05, 3.63) is 112 Å². The van der Waals surface area contributed by atoms with Crippen molar-refractivity contribution in [3.63, 3.8) is 0 Å². The Morgan fingerprint density at radius 1 is 0.800 bits per heavy atom. The third kappa shape index (κ3) is 6.59. The molecule has 1 amide bonds. The van der Waals surface area contributed by atoms with E-state index in [0.29, 0.717) is 5.69 Å². The Balaban J connectivity index is 1.56. The number of amides is 1. The summed E-state index contributed by atoms with van der Waals surface area (Å²) in [6, 6.07) is 23.1. The summed E-state index contributed by atoms with van der Waals surface area (Å²) in [6.45, 7) is 3.04. The second-order valence-corrected chi connectivity index (χ2v) is 13.2. The van der Waals surface area contributed by atoms with Gasteiger partial charge in [0.05, 0.1) is 31.2 Å². The summed E-state index contributed by atoms with van der Waals surface area (Å²) < 4.78 is 56.3. The standard InChI is InChI=1S/C28H25Cl2N3O5S2/c1-19-11-12-20(2)25(17-19)32-39(35,36)22-15-13-21(14-16-22)31-27(34)18-33(26-10-6-9-24(29)28(26)30)40(37,38)23-7-4-3-5-8-23/h3-17,32H,18H2,1-2H3,(H,31,34). The zero-order chi connectivity index (χ0) is 29.1. The number of carbonyl (C=O) groups excluding carboxylic acids is 1. The fraction of sp³-hybridized carbons (Fsp3) is 0.107. The Labute approximate surface area is 243 Å². The summed E-state index contributed by atoms with van der Waals surface area (Å²) in [4.78, 5) is 13.0. The van der Waals surface area contributed by atoms with E-state index in [1.807, 2.05) is 19.1 Å². The molecule has 4 aromatic carbocycles. The molecule has 8 nitrogen and oxygen atoms in total. The Kier molecular flexibility index (Phi) is 8.74. The largest absolute Gasteiger partial charge is 0.325 e. The van der Waals surface area contributed by atoms with Crippen LogP contribution in [-0.4, -0.2) is 29.3 Å². The van der Waals surface area contributed by atoms with Crippen molar-refractivity contribution in [2.45, 2.75) is 23.6 Å². The molecule has 0 spiro atoms. The van der Waals surface area contributed by atoms with Crippen molar-refractivity contribution >= 4 is 66.2 Å². The number of anilines is 3. The van der Waals surface area contributed by atoms with Gasteiger partial charge in [-0.05, 0) is 79.6 Å². The summed E-state index contributed by atoms with van der Waals surface area (Å²) in [5.41, 5.74) is 2.45. The van der Waals surface area contributed by atoms with E-state index >= 15 is 0 Å². The van der Waals surface area contributed by atoms with Crippen LogP contribution in [0.5, 0.6) is 0 Å². The molecular weight excluding hydrogens is 593 g/mol. The van der Waals surface area contributed by atoms with Gasteiger partial charge in [0.1, 0.15) is 6.54 Å². The van der Waals surface area contributed by atoms with Gasteiger partial charge < -0.3 is 5.32 Å². The number of rotatable bonds is 9. The maximum atomic E-state index is 13.5. The van der Waals surface area contributed by atoms with Crippen molar-refractivity contribution in [2.24, 2.45) is 0 Å². The van der Waals surface area contributed by atoms with E-state index < -0.39 is 32.5 Å². The number of hydrogen-bond donors (Lipinski definition) is 2. The smallest absolute Gasteiger partial charge is 0.264 e. The van der Waals surface area contributed by atoms with Crippen LogP contribution in [0.3, 0.4) is 0 Å². The zero-order valence-electron chi connectivity index (χ0n) is 21.4. The van der Waals surface area contributed by atoms with Gasteiger partial charge in [-0.25, -0.2) is 16.8 Å². The van der Waals surface area contributed by atoms with Crippen LogP contribution >= 0.6 is 23.2 Å². The molecule has 0 aliphatic rings. The van der Waals surface area contributed by atoms with E-state index in [-0.39, 0.29) is 31.2 Å². The molecule has 0 heterocycles. The van der Waals surface area contributed by atoms with E-state index in [9.17, 15) is 21.6 Å². The number of halogens is 2. The minimum Gasteiger partial charge on any atom is -0.325 e. The molecule has 12 heteroatoms. The van der Waals surface area contributed by atoms with Crippen molar-refractivity contribution in [1.82, 2.24) is 0 Å². The number of benzene rings is 4. The van der Waals surface area contributed by atoms with Crippen molar-refractivity contribution in [3.8, 4) is 0 Å². The summed E-state index contributed by atoms with van der Waals surface area (Å²) in [5.74, 6) is -0.681. The first-order valence-corrected chi connectivity index (χ1v) is 15.6. The number of carbonyl (C=O) groups is 1. The van der Waals surface area contributed by atoms with Crippen LogP contribution < -0.4 is 14.3 Å². The van der Waals surface area contributed by atoms with Crippen LogP contribution in [0.25, 0.3) is 0 Å². The van der Waals surface area contributed by atoms with Gasteiger partial charge in [0.25, 0.3) is 20.0 Å². The lowest BCUT2D eigenvalue weighted by Crippen LogP contribution is -2.38. The highest BCUT2D eigenvalue weighted by Gasteiger charge is 2.29. The normalized spacial score (nSPS) is 11.6. The molecule has 208 valence electrons. The van der Waals surface area contributed by atoms with Crippen LogP contribution in [0.1, 0.15) is 11.1 Å². The first-order chi connectivity index (χ1) is 18.9. The molecule has 0 saturated carbocycles. The molecule has 0 saturated heterocycles. The van der Waals surface area contributed by atoms with E-state index in [4.69, 9.17) is 23.2 Å². The Bertz CT molecular complexity index is 1760. The molecule has 0 bridgehead atoms. The molecule has 0 aromatic heterocycles. The van der Waals surface area contributed by atoms with Crippen molar-refractivity contribution in [1.29, 1.82) is 0 Å². The Hall–Kier alpha value is -3.57. The van der Waals surface area contributed by atoms with Gasteiger partial charge in [-0.1, -0.05) is 59.6 Å². The molecule has 0 fully saturated rings. The summed E-state index contributed by atoms with van der Waals surface area (Å²) in [6.07, 6.45) is 0. The van der Waals surface area contributed by atoms with Gasteiger partial charge in [-0.3, -0.25) is 13.8 Å². The van der Waals surface area contributed by atoms with E-state index in [1.54, 1.807) is 31.2 Å². The minimum absolute atomic E-state index is 0.00889. The fourth-order valence-electron chi connectivity index (χ4n) is 3.80. The second kappa shape index (κ2) is 11.9. The topological polar surface area (TPSA) is 113 Å². The second-order valence-electron chi connectivity index (χ2n) is 8.89. The predicted molar refractivity (Wildman–Crippen MR) is 159 cm³/mol. The molecule has 0 aliphatic carbocycles. The Morgan fingerprint density at radius 3 is 2.15 bits per heavy atom. The molecule has 40 heavy (non-hydrogen) atoms. The summed E-state index contributed by atoms with van der Waals surface area (Å²) >= 11 is 12.5. The minimum atomic E-state index is -4.20. The number of aryl methyl sites for hydroxylation is 2. The van der Waals surface area contributed by atoms with E-state index in [0.717, 1.165) is 15.4 Å². The van der Waals surface area contributed by atoms with E-state index in [1.165, 1.54) is 54.6 Å². The lowest BCUT2D eigenvalue weighted by Gasteiger charge is -2.25. The van der Waals surface area contributed by atoms with Gasteiger partial charge in [-0.15, -0.1) is 0 Å². The number of sulfonamides is 2. The highest BCUT2D eigenvalue weighted by molar-refractivity contribution is 7.93. The van der Waals surface area contributed by atoms with Gasteiger partial charge in [0.15, 0.2) is 0 Å².